The summed E-state index contributed by atoms with van der Waals surface area (Å²) < 4.78 is 5.89. The van der Waals surface area contributed by atoms with E-state index in [2.05, 4.69) is 20.5 Å². The summed E-state index contributed by atoms with van der Waals surface area (Å²) in [5, 5.41) is 15.8. The fraction of sp³-hybridized carbons (Fsp3) is 0.0476. The highest BCUT2D eigenvalue weighted by Crippen LogP contribution is 2.23. The molecule has 8 nitrogen and oxygen atoms in total. The van der Waals surface area contributed by atoms with Crippen molar-refractivity contribution in [3.8, 4) is 5.75 Å². The summed E-state index contributed by atoms with van der Waals surface area (Å²) in [6.45, 7) is 0.494. The molecule has 4 aromatic rings. The average Bonchev–Trinajstić information content (AvgIpc) is 3.16. The summed E-state index contributed by atoms with van der Waals surface area (Å²) in [5.41, 5.74) is 5.64. The maximum atomic E-state index is 10.7. The Morgan fingerprint density at radius 3 is 2.79 bits per heavy atom. The van der Waals surface area contributed by atoms with Crippen LogP contribution in [0.1, 0.15) is 11.1 Å². The van der Waals surface area contributed by atoms with Crippen molar-refractivity contribution in [1.29, 1.82) is 0 Å². The van der Waals surface area contributed by atoms with Gasteiger partial charge in [0.25, 0.3) is 5.69 Å². The Kier molecular flexibility index (Phi) is 5.15. The molecule has 0 bridgehead atoms. The van der Waals surface area contributed by atoms with Gasteiger partial charge in [0.1, 0.15) is 24.4 Å². The molecule has 4 rings (SSSR count). The van der Waals surface area contributed by atoms with Gasteiger partial charge in [-0.25, -0.2) is 4.98 Å². The van der Waals surface area contributed by atoms with Crippen LogP contribution in [0.4, 0.5) is 11.5 Å². The fourth-order valence-electron chi connectivity index (χ4n) is 2.79. The van der Waals surface area contributed by atoms with Gasteiger partial charge in [0.05, 0.1) is 11.1 Å². The van der Waals surface area contributed by atoms with Gasteiger partial charge in [0, 0.05) is 28.7 Å². The Balaban J connectivity index is 1.45. The van der Waals surface area contributed by atoms with Gasteiger partial charge in [-0.2, -0.15) is 5.10 Å². The molecule has 0 amide bonds. The van der Waals surface area contributed by atoms with Crippen molar-refractivity contribution < 1.29 is 9.66 Å². The van der Waals surface area contributed by atoms with Crippen LogP contribution in [0.15, 0.2) is 78.2 Å². The largest absolute Gasteiger partial charge is 0.489 e. The predicted octanol–water partition coefficient (Wildman–Crippen LogP) is 4.50. The lowest BCUT2D eigenvalue weighted by atomic mass is 10.2. The normalized spacial score (nSPS) is 11.0. The summed E-state index contributed by atoms with van der Waals surface area (Å²) >= 11 is 0. The lowest BCUT2D eigenvalue weighted by Gasteiger charge is -2.06. The van der Waals surface area contributed by atoms with Crippen molar-refractivity contribution in [2.45, 2.75) is 6.61 Å². The highest BCUT2D eigenvalue weighted by molar-refractivity contribution is 5.99. The molecule has 29 heavy (non-hydrogen) atoms. The molecule has 8 heteroatoms. The molecule has 0 aliphatic rings. The standard InChI is InChI=1S/C21H17N5O3/c27-26(28)17-6-9-21(23-13-17)25-24-12-16-11-22-20-8-7-18(10-19(16)20)29-14-15-4-2-1-3-5-15/h1-13,22H,14H2,(H,23,25)/b24-12+. The Morgan fingerprint density at radius 2 is 2.03 bits per heavy atom. The van der Waals surface area contributed by atoms with Crippen LogP contribution in [0.2, 0.25) is 0 Å². The van der Waals surface area contributed by atoms with Gasteiger partial charge < -0.3 is 9.72 Å². The minimum atomic E-state index is -0.497. The van der Waals surface area contributed by atoms with Crippen molar-refractivity contribution in [2.75, 3.05) is 5.43 Å². The van der Waals surface area contributed by atoms with Crippen LogP contribution in [-0.4, -0.2) is 21.1 Å². The van der Waals surface area contributed by atoms with Crippen LogP contribution in [-0.2, 0) is 6.61 Å². The zero-order chi connectivity index (χ0) is 20.1. The van der Waals surface area contributed by atoms with Gasteiger partial charge in [-0.15, -0.1) is 0 Å². The zero-order valence-corrected chi connectivity index (χ0v) is 15.3. The second-order valence-corrected chi connectivity index (χ2v) is 6.25. The summed E-state index contributed by atoms with van der Waals surface area (Å²) in [5.74, 6) is 1.18. The minimum Gasteiger partial charge on any atom is -0.489 e. The van der Waals surface area contributed by atoms with Crippen LogP contribution in [0, 0.1) is 10.1 Å². The first-order chi connectivity index (χ1) is 14.2. The number of benzene rings is 2. The van der Waals surface area contributed by atoms with Gasteiger partial charge in [-0.05, 0) is 29.8 Å². The van der Waals surface area contributed by atoms with E-state index in [0.717, 1.165) is 27.8 Å². The first kappa shape index (κ1) is 18.2. The van der Waals surface area contributed by atoms with Crippen molar-refractivity contribution in [3.63, 3.8) is 0 Å². The summed E-state index contributed by atoms with van der Waals surface area (Å²) in [6, 6.07) is 18.7. The number of aromatic amines is 1. The average molecular weight is 387 g/mol. The maximum absolute atomic E-state index is 10.7. The molecular formula is C21H17N5O3. The summed E-state index contributed by atoms with van der Waals surface area (Å²) in [4.78, 5) is 17.3. The number of pyridine rings is 1. The smallest absolute Gasteiger partial charge is 0.287 e. The highest BCUT2D eigenvalue weighted by atomic mass is 16.6. The number of aromatic nitrogens is 2. The van der Waals surface area contributed by atoms with Gasteiger partial charge in [0.2, 0.25) is 0 Å². The number of rotatable bonds is 7. The number of hydrogen-bond acceptors (Lipinski definition) is 6. The Bertz CT molecular complexity index is 1150. The molecule has 2 N–H and O–H groups in total. The maximum Gasteiger partial charge on any atom is 0.287 e. The molecule has 0 spiro atoms. The van der Waals surface area contributed by atoms with Crippen molar-refractivity contribution in [3.05, 3.63) is 94.3 Å². The molecule has 144 valence electrons. The molecule has 0 aliphatic heterocycles. The Labute approximate surface area is 166 Å². The second-order valence-electron chi connectivity index (χ2n) is 6.25. The number of H-pyrrole nitrogens is 1. The van der Waals surface area contributed by atoms with E-state index >= 15 is 0 Å². The van der Waals surface area contributed by atoms with Crippen molar-refractivity contribution in [1.82, 2.24) is 9.97 Å². The van der Waals surface area contributed by atoms with E-state index in [9.17, 15) is 10.1 Å². The zero-order valence-electron chi connectivity index (χ0n) is 15.3. The quantitative estimate of drug-likeness (QED) is 0.276. The van der Waals surface area contributed by atoms with E-state index in [0.29, 0.717) is 12.4 Å². The number of nitrogens with zero attached hydrogens (tertiary/aromatic N) is 3. The summed E-state index contributed by atoms with van der Waals surface area (Å²) in [7, 11) is 0. The third-order valence-electron chi connectivity index (χ3n) is 4.27. The summed E-state index contributed by atoms with van der Waals surface area (Å²) in [6.07, 6.45) is 4.68. The molecule has 2 aromatic carbocycles. The molecule has 0 fully saturated rings. The third kappa shape index (κ3) is 4.38. The lowest BCUT2D eigenvalue weighted by Crippen LogP contribution is -1.95. The third-order valence-corrected chi connectivity index (χ3v) is 4.27. The van der Waals surface area contributed by atoms with E-state index < -0.39 is 4.92 Å². The first-order valence-electron chi connectivity index (χ1n) is 8.86. The highest BCUT2D eigenvalue weighted by Gasteiger charge is 2.06. The Morgan fingerprint density at radius 1 is 1.17 bits per heavy atom. The van der Waals surface area contributed by atoms with Crippen molar-refractivity contribution >= 4 is 28.6 Å². The number of nitro groups is 1. The molecule has 0 aliphatic carbocycles. The number of ether oxygens (including phenoxy) is 1. The molecule has 0 saturated heterocycles. The molecular weight excluding hydrogens is 370 g/mol. The first-order valence-corrected chi connectivity index (χ1v) is 8.86. The number of hydrogen-bond donors (Lipinski definition) is 2. The van der Waals surface area contributed by atoms with E-state index in [1.807, 2.05) is 54.7 Å². The molecule has 0 radical (unpaired) electrons. The van der Waals surface area contributed by atoms with Crippen LogP contribution in [0.3, 0.4) is 0 Å². The van der Waals surface area contributed by atoms with Crippen LogP contribution < -0.4 is 10.2 Å². The predicted molar refractivity (Wildman–Crippen MR) is 111 cm³/mol. The second kappa shape index (κ2) is 8.22. The SMILES string of the molecule is O=[N+]([O-])c1ccc(N/N=C/c2c[nH]c3ccc(OCc4ccccc4)cc23)nc1. The van der Waals surface area contributed by atoms with Gasteiger partial charge in [0.15, 0.2) is 0 Å². The van der Waals surface area contributed by atoms with Crippen molar-refractivity contribution in [2.24, 2.45) is 5.10 Å². The molecule has 2 heterocycles. The monoisotopic (exact) mass is 387 g/mol. The molecule has 0 atom stereocenters. The van der Waals surface area contributed by atoms with E-state index in [4.69, 9.17) is 4.74 Å². The van der Waals surface area contributed by atoms with Gasteiger partial charge in [-0.3, -0.25) is 15.5 Å². The number of hydrazone groups is 1. The number of nitrogens with one attached hydrogen (secondary N) is 2. The molecule has 0 unspecified atom stereocenters. The fourth-order valence-corrected chi connectivity index (χ4v) is 2.79. The van der Waals surface area contributed by atoms with Gasteiger partial charge in [-0.1, -0.05) is 30.3 Å². The lowest BCUT2D eigenvalue weighted by molar-refractivity contribution is -0.385. The van der Waals surface area contributed by atoms with Crippen LogP contribution >= 0.6 is 0 Å². The topological polar surface area (TPSA) is 105 Å². The number of anilines is 1. The van der Waals surface area contributed by atoms with Crippen LogP contribution in [0.5, 0.6) is 5.75 Å². The van der Waals surface area contributed by atoms with Gasteiger partial charge >= 0.3 is 0 Å². The van der Waals surface area contributed by atoms with E-state index in [-0.39, 0.29) is 5.69 Å². The Hall–Kier alpha value is -4.20. The molecule has 0 saturated carbocycles. The minimum absolute atomic E-state index is 0.0702. The van der Waals surface area contributed by atoms with E-state index in [1.165, 1.54) is 18.3 Å². The molecule has 2 aromatic heterocycles. The van der Waals surface area contributed by atoms with Crippen LogP contribution in [0.25, 0.3) is 10.9 Å². The number of fused-ring (bicyclic) bond motifs is 1. The van der Waals surface area contributed by atoms with E-state index in [1.54, 1.807) is 6.21 Å².